The highest BCUT2D eigenvalue weighted by Gasteiger charge is 2.41. The molecule has 86 valence electrons. The highest BCUT2D eigenvalue weighted by Crippen LogP contribution is 2.35. The van der Waals surface area contributed by atoms with Gasteiger partial charge in [0.15, 0.2) is 0 Å². The van der Waals surface area contributed by atoms with Crippen molar-refractivity contribution >= 4 is 12.4 Å². The van der Waals surface area contributed by atoms with Gasteiger partial charge in [-0.3, -0.25) is 0 Å². The smallest absolute Gasteiger partial charge is 0.326 e. The molecule has 2 N–H and O–H groups in total. The summed E-state index contributed by atoms with van der Waals surface area (Å²) in [4.78, 5) is 0. The molecule has 6 heteroatoms. The molecule has 0 aliphatic carbocycles. The Morgan fingerprint density at radius 1 is 1.13 bits per heavy atom. The lowest BCUT2D eigenvalue weighted by Crippen LogP contribution is -2.16. The first kappa shape index (κ1) is 14.2. The van der Waals surface area contributed by atoms with E-state index in [9.17, 15) is 17.6 Å². The van der Waals surface area contributed by atoms with Gasteiger partial charge < -0.3 is 5.73 Å². The topological polar surface area (TPSA) is 26.0 Å². The predicted octanol–water partition coefficient (Wildman–Crippen LogP) is 3.14. The minimum Gasteiger partial charge on any atom is -0.326 e. The van der Waals surface area contributed by atoms with Crippen LogP contribution in [0.2, 0.25) is 0 Å². The summed E-state index contributed by atoms with van der Waals surface area (Å²) in [6, 6.07) is 4.96. The van der Waals surface area contributed by atoms with Crippen LogP contribution in [0.25, 0.3) is 0 Å². The zero-order valence-corrected chi connectivity index (χ0v) is 8.41. The lowest BCUT2D eigenvalue weighted by Gasteiger charge is -2.12. The van der Waals surface area contributed by atoms with Crippen LogP contribution >= 0.6 is 12.4 Å². The van der Waals surface area contributed by atoms with Crippen molar-refractivity contribution in [2.75, 3.05) is 0 Å². The van der Waals surface area contributed by atoms with Crippen molar-refractivity contribution in [3.63, 3.8) is 0 Å². The van der Waals surface area contributed by atoms with Gasteiger partial charge in [0, 0.05) is 6.54 Å². The molecule has 0 fully saturated rings. The number of benzene rings is 1. The maximum Gasteiger partial charge on any atom is 0.423 e. The minimum absolute atomic E-state index is 0. The molecule has 0 saturated heterocycles. The number of nitrogens with two attached hydrogens (primary N) is 1. The first-order chi connectivity index (χ1) is 6.45. The van der Waals surface area contributed by atoms with E-state index in [1.54, 1.807) is 0 Å². The van der Waals surface area contributed by atoms with Crippen molar-refractivity contribution in [1.29, 1.82) is 0 Å². The van der Waals surface area contributed by atoms with E-state index in [1.165, 1.54) is 12.1 Å². The molecule has 0 bridgehead atoms. The fourth-order valence-electron chi connectivity index (χ4n) is 1.01. The van der Waals surface area contributed by atoms with Gasteiger partial charge in [-0.2, -0.15) is 13.2 Å². The molecule has 0 heterocycles. The molecule has 1 rings (SSSR count). The second-order valence-corrected chi connectivity index (χ2v) is 2.85. The van der Waals surface area contributed by atoms with Gasteiger partial charge in [0.05, 0.1) is 0 Å². The number of hydrogen-bond donors (Lipinski definition) is 1. The molecule has 0 aromatic heterocycles. The number of rotatable bonds is 2. The average molecular weight is 244 g/mol. The quantitative estimate of drug-likeness (QED) is 0.794. The molecule has 0 radical (unpaired) electrons. The van der Waals surface area contributed by atoms with E-state index in [0.717, 1.165) is 12.1 Å². The van der Waals surface area contributed by atoms with E-state index < -0.39 is 17.9 Å². The van der Waals surface area contributed by atoms with Crippen molar-refractivity contribution in [2.45, 2.75) is 18.9 Å². The molecule has 0 aliphatic heterocycles. The molecule has 15 heavy (non-hydrogen) atoms. The van der Waals surface area contributed by atoms with Gasteiger partial charge in [-0.1, -0.05) is 24.3 Å². The minimum atomic E-state index is -4.84. The van der Waals surface area contributed by atoms with E-state index >= 15 is 0 Å². The van der Waals surface area contributed by atoms with Crippen LogP contribution in [0.5, 0.6) is 0 Å². The molecule has 1 nitrogen and oxygen atoms in total. The van der Waals surface area contributed by atoms with Crippen LogP contribution in [-0.4, -0.2) is 6.18 Å². The van der Waals surface area contributed by atoms with Gasteiger partial charge in [0.1, 0.15) is 0 Å². The second kappa shape index (κ2) is 5.32. The van der Waals surface area contributed by atoms with Crippen molar-refractivity contribution < 1.29 is 17.6 Å². The van der Waals surface area contributed by atoms with Crippen LogP contribution in [0.3, 0.4) is 0 Å². The third-order valence-electron chi connectivity index (χ3n) is 1.80. The van der Waals surface area contributed by atoms with Gasteiger partial charge in [-0.25, -0.2) is 4.39 Å². The van der Waals surface area contributed by atoms with Crippen LogP contribution < -0.4 is 5.73 Å². The molecular weight excluding hydrogens is 234 g/mol. The molecule has 0 amide bonds. The lowest BCUT2D eigenvalue weighted by molar-refractivity contribution is -0.182. The van der Waals surface area contributed by atoms with Crippen LogP contribution in [0, 0.1) is 0 Å². The summed E-state index contributed by atoms with van der Waals surface area (Å²) in [7, 11) is 0. The second-order valence-electron chi connectivity index (χ2n) is 2.85. The summed E-state index contributed by atoms with van der Waals surface area (Å²) in [5.41, 5.74) is 5.52. The third-order valence-corrected chi connectivity index (χ3v) is 1.80. The number of halogens is 5. The van der Waals surface area contributed by atoms with Gasteiger partial charge in [-0.05, 0) is 11.1 Å². The summed E-state index contributed by atoms with van der Waals surface area (Å²) < 4.78 is 48.5. The molecule has 1 atom stereocenters. The normalized spacial score (nSPS) is 13.1. The zero-order valence-electron chi connectivity index (χ0n) is 7.59. The molecule has 1 aromatic rings. The van der Waals surface area contributed by atoms with Crippen molar-refractivity contribution in [1.82, 2.24) is 0 Å². The third kappa shape index (κ3) is 3.68. The maximum atomic E-state index is 12.7. The summed E-state index contributed by atoms with van der Waals surface area (Å²) in [6.07, 6.45) is -7.76. The zero-order chi connectivity index (χ0) is 10.8. The van der Waals surface area contributed by atoms with Gasteiger partial charge in [-0.15, -0.1) is 12.4 Å². The van der Waals surface area contributed by atoms with E-state index in [-0.39, 0.29) is 19.0 Å². The molecule has 1 unspecified atom stereocenters. The lowest BCUT2D eigenvalue weighted by atomic mass is 10.1. The highest BCUT2D eigenvalue weighted by molar-refractivity contribution is 5.85. The molecule has 1 aromatic carbocycles. The largest absolute Gasteiger partial charge is 0.423 e. The summed E-state index contributed by atoms with van der Waals surface area (Å²) in [5, 5.41) is 0. The monoisotopic (exact) mass is 243 g/mol. The Balaban J connectivity index is 0.00000196. The summed E-state index contributed by atoms with van der Waals surface area (Å²) >= 11 is 0. The first-order valence-electron chi connectivity index (χ1n) is 3.95. The highest BCUT2D eigenvalue weighted by atomic mass is 35.5. The van der Waals surface area contributed by atoms with E-state index in [4.69, 9.17) is 5.73 Å². The maximum absolute atomic E-state index is 12.7. The average Bonchev–Trinajstić information content (AvgIpc) is 2.15. The van der Waals surface area contributed by atoms with Crippen LogP contribution in [0.1, 0.15) is 17.3 Å². The van der Waals surface area contributed by atoms with Crippen LogP contribution in [-0.2, 0) is 6.54 Å². The Hall–Kier alpha value is -0.810. The van der Waals surface area contributed by atoms with Crippen molar-refractivity contribution in [2.24, 2.45) is 5.73 Å². The fourth-order valence-corrected chi connectivity index (χ4v) is 1.01. The van der Waals surface area contributed by atoms with Crippen LogP contribution in [0.15, 0.2) is 24.3 Å². The summed E-state index contributed by atoms with van der Waals surface area (Å²) in [6.45, 7) is 0.225. The Morgan fingerprint density at radius 3 is 1.93 bits per heavy atom. The Bertz CT molecular complexity index is 296. The van der Waals surface area contributed by atoms with Crippen molar-refractivity contribution in [3.8, 4) is 0 Å². The predicted molar refractivity (Wildman–Crippen MR) is 51.5 cm³/mol. The number of alkyl halides is 4. The SMILES string of the molecule is Cl.NCc1ccc(C(F)C(F)(F)F)cc1. The summed E-state index contributed by atoms with van der Waals surface area (Å²) in [5.74, 6) is 0. The van der Waals surface area contributed by atoms with Crippen molar-refractivity contribution in [3.05, 3.63) is 35.4 Å². The fraction of sp³-hybridized carbons (Fsp3) is 0.333. The molecular formula is C9H10ClF4N. The molecule has 0 aliphatic rings. The van der Waals surface area contributed by atoms with Crippen LogP contribution in [0.4, 0.5) is 17.6 Å². The standard InChI is InChI=1S/C9H9F4N.ClH/c10-8(9(11,12)13)7-3-1-6(5-14)2-4-7;/h1-4,8H,5,14H2;1H. The van der Waals surface area contributed by atoms with E-state index in [2.05, 4.69) is 0 Å². The number of hydrogen-bond acceptors (Lipinski definition) is 1. The Labute approximate surface area is 90.7 Å². The first-order valence-corrected chi connectivity index (χ1v) is 3.95. The van der Waals surface area contributed by atoms with E-state index in [0.29, 0.717) is 5.56 Å². The Kier molecular flexibility index (Phi) is 5.03. The van der Waals surface area contributed by atoms with Gasteiger partial charge in [0.2, 0.25) is 6.17 Å². The van der Waals surface area contributed by atoms with E-state index in [1.807, 2.05) is 0 Å². The van der Waals surface area contributed by atoms with Gasteiger partial charge >= 0.3 is 6.18 Å². The Morgan fingerprint density at radius 2 is 1.60 bits per heavy atom. The van der Waals surface area contributed by atoms with Gasteiger partial charge in [0.25, 0.3) is 0 Å². The molecule has 0 saturated carbocycles. The molecule has 0 spiro atoms.